The number of benzene rings is 7. The van der Waals surface area contributed by atoms with Crippen LogP contribution in [0.4, 0.5) is 28.4 Å². The summed E-state index contributed by atoms with van der Waals surface area (Å²) in [7, 11) is 0. The molecule has 1 aliphatic rings. The van der Waals surface area contributed by atoms with Gasteiger partial charge >= 0.3 is 0 Å². The molecule has 0 unspecified atom stereocenters. The molecule has 45 heavy (non-hydrogen) atoms. The van der Waals surface area contributed by atoms with Gasteiger partial charge in [0.2, 0.25) is 0 Å². The molecule has 3 nitrogen and oxygen atoms in total. The van der Waals surface area contributed by atoms with Crippen LogP contribution in [0, 0.1) is 11.3 Å². The Bertz CT molecular complexity index is 2270. The van der Waals surface area contributed by atoms with Crippen molar-refractivity contribution >= 4 is 129 Å². The lowest BCUT2D eigenvalue weighted by molar-refractivity contribution is 0.768. The Balaban J connectivity index is 1.37. The molecule has 8 rings (SSSR count). The van der Waals surface area contributed by atoms with Crippen molar-refractivity contribution in [2.45, 2.75) is 12.3 Å². The number of rotatable bonds is 5. The number of anilines is 5. The molecule has 6 heteroatoms. The molecule has 0 saturated carbocycles. The zero-order valence-electron chi connectivity index (χ0n) is 24.1. The van der Waals surface area contributed by atoms with Crippen LogP contribution in [-0.2, 0) is 5.86 Å². The highest BCUT2D eigenvalue weighted by atomic mass is 127. The number of nitriles is 1. The summed E-state index contributed by atoms with van der Waals surface area (Å²) in [6, 6.07) is 46.4. The van der Waals surface area contributed by atoms with Crippen molar-refractivity contribution in [2.24, 2.45) is 0 Å². The van der Waals surface area contributed by atoms with Crippen molar-refractivity contribution in [3.8, 4) is 6.07 Å². The monoisotopic (exact) mass is 917 g/mol. The summed E-state index contributed by atoms with van der Waals surface area (Å²) in [5.41, 5.74) is 9.13. The standard InChI is InChI=1S/C39H26I3N3/c40-39(41,42)29-7-4-10-31(23-29)45(30-8-2-1-3-9-30)36-20-15-27-12-16-32-35(19-14-26-13-17-33(36)38(27)37(26)32)44-21-5-6-28-22-25(24-43)11-18-34(28)44/h1-4,7-20,22-23H,5-6,21H2. The largest absolute Gasteiger partial charge is 0.341 e. The quantitative estimate of drug-likeness (QED) is 0.0979. The van der Waals surface area contributed by atoms with Gasteiger partial charge in [0.25, 0.3) is 0 Å². The van der Waals surface area contributed by atoms with Crippen molar-refractivity contribution in [1.82, 2.24) is 0 Å². The van der Waals surface area contributed by atoms with E-state index in [9.17, 15) is 5.26 Å². The molecule has 0 amide bonds. The Kier molecular flexibility index (Phi) is 7.54. The topological polar surface area (TPSA) is 30.3 Å². The van der Waals surface area contributed by atoms with E-state index >= 15 is 0 Å². The van der Waals surface area contributed by atoms with Gasteiger partial charge in [-0.05, 0) is 168 Å². The fraction of sp³-hybridized carbons (Fsp3) is 0.103. The third kappa shape index (κ3) is 5.11. The Labute approximate surface area is 303 Å². The fourth-order valence-corrected chi connectivity index (χ4v) is 7.95. The number of fused-ring (bicyclic) bond motifs is 1. The van der Waals surface area contributed by atoms with Crippen LogP contribution in [0.5, 0.6) is 0 Å². The number of para-hydroxylation sites is 1. The van der Waals surface area contributed by atoms with Gasteiger partial charge in [-0.1, -0.05) is 66.7 Å². The Morgan fingerprint density at radius 3 is 2.13 bits per heavy atom. The Hall–Kier alpha value is -3.14. The summed E-state index contributed by atoms with van der Waals surface area (Å²) < 4.78 is -0.0477. The van der Waals surface area contributed by atoms with Crippen molar-refractivity contribution in [3.63, 3.8) is 0 Å². The molecular weight excluding hydrogens is 891 g/mol. The van der Waals surface area contributed by atoms with Crippen LogP contribution < -0.4 is 9.80 Å². The second kappa shape index (κ2) is 11.6. The molecule has 0 spiro atoms. The first-order chi connectivity index (χ1) is 21.9. The predicted molar refractivity (Wildman–Crippen MR) is 215 cm³/mol. The average molecular weight is 917 g/mol. The van der Waals surface area contributed by atoms with Crippen LogP contribution in [0.2, 0.25) is 0 Å². The molecule has 0 bridgehead atoms. The summed E-state index contributed by atoms with van der Waals surface area (Å²) in [6.07, 6.45) is 2.06. The molecule has 7 aromatic carbocycles. The molecule has 0 fully saturated rings. The van der Waals surface area contributed by atoms with Gasteiger partial charge in [0, 0.05) is 40.1 Å². The van der Waals surface area contributed by atoms with Gasteiger partial charge in [0.15, 0.2) is 0 Å². The number of alkyl halides is 3. The second-order valence-corrected chi connectivity index (χ2v) is 22.6. The molecule has 1 aliphatic heterocycles. The molecule has 218 valence electrons. The third-order valence-electron chi connectivity index (χ3n) is 8.92. The lowest BCUT2D eigenvalue weighted by atomic mass is 9.91. The molecule has 1 heterocycles. The van der Waals surface area contributed by atoms with Crippen LogP contribution in [0.3, 0.4) is 0 Å². The third-order valence-corrected chi connectivity index (χ3v) is 10.8. The molecule has 7 aromatic rings. The van der Waals surface area contributed by atoms with Crippen LogP contribution >= 0.6 is 67.8 Å². The van der Waals surface area contributed by atoms with Gasteiger partial charge in [-0.15, -0.1) is 0 Å². The summed E-state index contributed by atoms with van der Waals surface area (Å²) in [6.45, 7) is 0.957. The molecule has 0 saturated heterocycles. The van der Waals surface area contributed by atoms with E-state index < -0.39 is 0 Å². The number of nitrogens with zero attached hydrogens (tertiary/aromatic N) is 3. The van der Waals surface area contributed by atoms with Gasteiger partial charge in [-0.25, -0.2) is 0 Å². The highest BCUT2D eigenvalue weighted by Crippen LogP contribution is 2.49. The summed E-state index contributed by atoms with van der Waals surface area (Å²) >= 11 is 7.52. The molecular formula is C39H26I3N3. The zero-order valence-corrected chi connectivity index (χ0v) is 30.6. The maximum atomic E-state index is 9.51. The lowest BCUT2D eigenvalue weighted by Crippen LogP contribution is -2.24. The minimum absolute atomic E-state index is 0.0477. The van der Waals surface area contributed by atoms with Crippen molar-refractivity contribution in [1.29, 1.82) is 5.26 Å². The SMILES string of the molecule is N#Cc1ccc2c(c1)CCCN2c1ccc2ccc3c(N(c4ccccc4)c4cccc(C(I)(I)I)c4)ccc4ccc1c2c43. The number of halogens is 3. The summed E-state index contributed by atoms with van der Waals surface area (Å²) in [5.74, 6) is 0. The van der Waals surface area contributed by atoms with Crippen molar-refractivity contribution < 1.29 is 0 Å². The maximum absolute atomic E-state index is 9.51. The predicted octanol–water partition coefficient (Wildman–Crippen LogP) is 12.4. The average Bonchev–Trinajstić information content (AvgIpc) is 3.07. The highest BCUT2D eigenvalue weighted by molar-refractivity contribution is 14.3. The normalized spacial score (nSPS) is 13.3. The molecule has 0 N–H and O–H groups in total. The van der Waals surface area contributed by atoms with Crippen LogP contribution in [-0.4, -0.2) is 6.54 Å². The second-order valence-electron chi connectivity index (χ2n) is 11.5. The van der Waals surface area contributed by atoms with Crippen LogP contribution in [0.15, 0.2) is 121 Å². The number of aryl methyl sites for hydroxylation is 1. The van der Waals surface area contributed by atoms with E-state index in [0.29, 0.717) is 0 Å². The van der Waals surface area contributed by atoms with E-state index in [2.05, 4.69) is 199 Å². The molecule has 0 atom stereocenters. The van der Waals surface area contributed by atoms with Gasteiger partial charge in [0.05, 0.1) is 17.3 Å². The number of hydrogen-bond donors (Lipinski definition) is 0. The van der Waals surface area contributed by atoms with E-state index in [4.69, 9.17) is 0 Å². The molecule has 0 radical (unpaired) electrons. The first-order valence-electron chi connectivity index (χ1n) is 14.9. The van der Waals surface area contributed by atoms with E-state index in [1.54, 1.807) is 0 Å². The zero-order chi connectivity index (χ0) is 30.7. The van der Waals surface area contributed by atoms with Crippen molar-refractivity contribution in [3.05, 3.63) is 138 Å². The lowest BCUT2D eigenvalue weighted by Gasteiger charge is -2.33. The van der Waals surface area contributed by atoms with Gasteiger partial charge < -0.3 is 9.80 Å². The fourth-order valence-electron chi connectivity index (χ4n) is 6.94. The van der Waals surface area contributed by atoms with Gasteiger partial charge in [-0.3, -0.25) is 0 Å². The van der Waals surface area contributed by atoms with Crippen LogP contribution in [0.25, 0.3) is 32.3 Å². The Morgan fingerprint density at radius 1 is 0.667 bits per heavy atom. The molecule has 0 aromatic heterocycles. The van der Waals surface area contributed by atoms with Gasteiger partial charge in [0.1, 0.15) is -0.565 Å². The van der Waals surface area contributed by atoms with E-state index in [1.165, 1.54) is 60.5 Å². The first kappa shape index (κ1) is 29.3. The minimum Gasteiger partial charge on any atom is -0.341 e. The van der Waals surface area contributed by atoms with E-state index in [0.717, 1.165) is 36.3 Å². The molecule has 0 aliphatic carbocycles. The maximum Gasteiger partial charge on any atom is 0.149 e. The summed E-state index contributed by atoms with van der Waals surface area (Å²) in [5, 5.41) is 17.1. The number of hydrogen-bond acceptors (Lipinski definition) is 3. The van der Waals surface area contributed by atoms with E-state index in [-0.39, 0.29) is -0.565 Å². The van der Waals surface area contributed by atoms with E-state index in [1.807, 2.05) is 6.07 Å². The first-order valence-corrected chi connectivity index (χ1v) is 18.2. The van der Waals surface area contributed by atoms with Crippen LogP contribution in [0.1, 0.15) is 23.1 Å². The highest BCUT2D eigenvalue weighted by Gasteiger charge is 2.25. The minimum atomic E-state index is -0.0477. The summed E-state index contributed by atoms with van der Waals surface area (Å²) in [4.78, 5) is 4.86. The van der Waals surface area contributed by atoms with Gasteiger partial charge in [-0.2, -0.15) is 5.26 Å². The Morgan fingerprint density at radius 2 is 1.36 bits per heavy atom. The van der Waals surface area contributed by atoms with Crippen molar-refractivity contribution in [2.75, 3.05) is 16.3 Å². The smallest absolute Gasteiger partial charge is 0.149 e.